The van der Waals surface area contributed by atoms with Crippen LogP contribution in [0.4, 0.5) is 4.39 Å². The lowest BCUT2D eigenvalue weighted by molar-refractivity contribution is 0.0652. The smallest absolute Gasteiger partial charge is 0.274 e. The van der Waals surface area contributed by atoms with Crippen LogP contribution >= 0.6 is 0 Å². The monoisotopic (exact) mass is 375 g/mol. The number of carbonyl (C=O) groups excluding carboxylic acids is 1. The Labute approximate surface area is 148 Å². The molecule has 0 bridgehead atoms. The fourth-order valence-electron chi connectivity index (χ4n) is 2.77. The van der Waals surface area contributed by atoms with E-state index in [0.717, 1.165) is 12.1 Å². The lowest BCUT2D eigenvalue weighted by Gasteiger charge is -2.38. The van der Waals surface area contributed by atoms with Crippen LogP contribution in [0, 0.1) is 5.82 Å². The van der Waals surface area contributed by atoms with E-state index in [1.807, 2.05) is 0 Å². The number of aromatic amines is 1. The van der Waals surface area contributed by atoms with E-state index in [0.29, 0.717) is 11.5 Å². The summed E-state index contributed by atoms with van der Waals surface area (Å²) >= 11 is 0. The van der Waals surface area contributed by atoms with Crippen molar-refractivity contribution in [2.75, 3.05) is 13.1 Å². The molecule has 0 atom stereocenters. The third-order valence-corrected chi connectivity index (χ3v) is 6.40. The van der Waals surface area contributed by atoms with Crippen LogP contribution in [0.1, 0.15) is 10.5 Å². The van der Waals surface area contributed by atoms with Crippen LogP contribution in [0.3, 0.4) is 0 Å². The summed E-state index contributed by atoms with van der Waals surface area (Å²) in [5, 5.41) is 5.97. The zero-order valence-corrected chi connectivity index (χ0v) is 14.2. The molecule has 134 valence electrons. The number of hydrogen-bond acceptors (Lipinski definition) is 5. The largest absolute Gasteiger partial charge is 0.463 e. The van der Waals surface area contributed by atoms with E-state index >= 15 is 0 Å². The summed E-state index contributed by atoms with van der Waals surface area (Å²) in [6.45, 7) is 0.142. The zero-order chi connectivity index (χ0) is 18.3. The minimum Gasteiger partial charge on any atom is -0.463 e. The Bertz CT molecular complexity index is 1040. The van der Waals surface area contributed by atoms with Gasteiger partial charge in [-0.15, -0.1) is 0 Å². The number of benzene rings is 1. The quantitative estimate of drug-likeness (QED) is 0.705. The first-order chi connectivity index (χ1) is 12.4. The van der Waals surface area contributed by atoms with Gasteiger partial charge in [0.15, 0.2) is 21.3 Å². The molecule has 3 heterocycles. The molecule has 1 aliphatic rings. The normalized spacial score (nSPS) is 15.0. The predicted molar refractivity (Wildman–Crippen MR) is 89.6 cm³/mol. The van der Waals surface area contributed by atoms with Gasteiger partial charge < -0.3 is 9.32 Å². The second kappa shape index (κ2) is 6.10. The van der Waals surface area contributed by atoms with Crippen LogP contribution in [-0.2, 0) is 9.84 Å². The molecule has 1 aromatic carbocycles. The number of aromatic nitrogens is 2. The van der Waals surface area contributed by atoms with Crippen LogP contribution in [0.5, 0.6) is 0 Å². The number of furan rings is 1. The van der Waals surface area contributed by atoms with E-state index in [-0.39, 0.29) is 29.6 Å². The molecular weight excluding hydrogens is 361 g/mol. The number of sulfone groups is 1. The summed E-state index contributed by atoms with van der Waals surface area (Å²) in [5.74, 6) is -0.304. The number of amides is 1. The molecule has 0 unspecified atom stereocenters. The molecule has 1 amide bonds. The Kier molecular flexibility index (Phi) is 3.87. The van der Waals surface area contributed by atoms with Gasteiger partial charge in [-0.25, -0.2) is 12.8 Å². The topological polar surface area (TPSA) is 96.3 Å². The second-order valence-corrected chi connectivity index (χ2v) is 8.20. The minimum absolute atomic E-state index is 0.0517. The summed E-state index contributed by atoms with van der Waals surface area (Å²) in [7, 11) is -3.60. The van der Waals surface area contributed by atoms with Gasteiger partial charge in [0.25, 0.3) is 5.91 Å². The highest BCUT2D eigenvalue weighted by molar-refractivity contribution is 7.92. The van der Waals surface area contributed by atoms with Crippen molar-refractivity contribution in [2.24, 2.45) is 0 Å². The highest BCUT2D eigenvalue weighted by Crippen LogP contribution is 2.26. The van der Waals surface area contributed by atoms with E-state index in [1.165, 1.54) is 23.3 Å². The molecule has 1 aliphatic heterocycles. The first kappa shape index (κ1) is 16.5. The fourth-order valence-corrected chi connectivity index (χ4v) is 4.42. The van der Waals surface area contributed by atoms with Crippen LogP contribution < -0.4 is 0 Å². The molecule has 2 aromatic heterocycles. The summed E-state index contributed by atoms with van der Waals surface area (Å²) in [6.07, 6.45) is 1.51. The van der Waals surface area contributed by atoms with E-state index in [9.17, 15) is 17.6 Å². The van der Waals surface area contributed by atoms with Crippen molar-refractivity contribution < 1.29 is 22.0 Å². The van der Waals surface area contributed by atoms with Crippen molar-refractivity contribution >= 4 is 15.7 Å². The highest BCUT2D eigenvalue weighted by Gasteiger charge is 2.41. The first-order valence-electron chi connectivity index (χ1n) is 7.83. The van der Waals surface area contributed by atoms with Crippen molar-refractivity contribution in [3.05, 3.63) is 60.2 Å². The molecule has 4 rings (SSSR count). The number of likely N-dealkylation sites (tertiary alicyclic amines) is 1. The van der Waals surface area contributed by atoms with Gasteiger partial charge in [-0.2, -0.15) is 5.10 Å². The van der Waals surface area contributed by atoms with Gasteiger partial charge in [0.05, 0.1) is 11.2 Å². The summed E-state index contributed by atoms with van der Waals surface area (Å²) in [5.41, 5.74) is 0.753. The average molecular weight is 375 g/mol. The number of nitrogens with one attached hydrogen (secondary N) is 1. The molecule has 7 nitrogen and oxygen atoms in total. The molecule has 0 spiro atoms. The van der Waals surface area contributed by atoms with E-state index in [1.54, 1.807) is 18.2 Å². The lowest BCUT2D eigenvalue weighted by Crippen LogP contribution is -2.56. The second-order valence-electron chi connectivity index (χ2n) is 5.98. The van der Waals surface area contributed by atoms with Crippen molar-refractivity contribution in [1.82, 2.24) is 15.1 Å². The maximum absolute atomic E-state index is 13.0. The number of carbonyl (C=O) groups is 1. The van der Waals surface area contributed by atoms with Crippen LogP contribution in [-0.4, -0.2) is 47.8 Å². The van der Waals surface area contributed by atoms with Crippen molar-refractivity contribution in [3.8, 4) is 11.5 Å². The Hall–Kier alpha value is -2.94. The average Bonchev–Trinajstić information content (AvgIpc) is 3.25. The highest BCUT2D eigenvalue weighted by atomic mass is 32.2. The van der Waals surface area contributed by atoms with Gasteiger partial charge in [-0.1, -0.05) is 0 Å². The maximum atomic E-state index is 13.0. The third-order valence-electron chi connectivity index (χ3n) is 4.30. The van der Waals surface area contributed by atoms with Gasteiger partial charge in [0.1, 0.15) is 16.8 Å². The minimum atomic E-state index is -3.60. The fraction of sp³-hybridized carbons (Fsp3) is 0.176. The Morgan fingerprint density at radius 3 is 2.62 bits per heavy atom. The van der Waals surface area contributed by atoms with Gasteiger partial charge in [-0.3, -0.25) is 9.89 Å². The first-order valence-corrected chi connectivity index (χ1v) is 9.38. The molecule has 9 heteroatoms. The van der Waals surface area contributed by atoms with Gasteiger partial charge in [-0.05, 0) is 36.4 Å². The van der Waals surface area contributed by atoms with Crippen LogP contribution in [0.25, 0.3) is 11.5 Å². The Morgan fingerprint density at radius 2 is 1.96 bits per heavy atom. The summed E-state index contributed by atoms with van der Waals surface area (Å²) in [4.78, 5) is 13.9. The number of halogens is 1. The number of nitrogens with zero attached hydrogens (tertiary/aromatic N) is 2. The molecule has 3 aromatic rings. The standard InChI is InChI=1S/C17H14FN3O4S/c18-11-3-5-12(6-4-11)26(23,24)13-9-21(10-13)17(22)15-8-14(19-20-15)16-2-1-7-25-16/h1-8,13H,9-10H2,(H,19,20). The van der Waals surface area contributed by atoms with Crippen molar-refractivity contribution in [1.29, 1.82) is 0 Å². The molecule has 26 heavy (non-hydrogen) atoms. The van der Waals surface area contributed by atoms with E-state index in [4.69, 9.17) is 4.42 Å². The molecule has 1 fully saturated rings. The maximum Gasteiger partial charge on any atom is 0.274 e. The molecule has 1 N–H and O–H groups in total. The summed E-state index contributed by atoms with van der Waals surface area (Å²) in [6, 6.07) is 9.69. The van der Waals surface area contributed by atoms with Crippen molar-refractivity contribution in [2.45, 2.75) is 10.1 Å². The Morgan fingerprint density at radius 1 is 1.23 bits per heavy atom. The van der Waals surface area contributed by atoms with Gasteiger partial charge in [0.2, 0.25) is 0 Å². The number of H-pyrrole nitrogens is 1. The van der Waals surface area contributed by atoms with Gasteiger partial charge >= 0.3 is 0 Å². The summed E-state index contributed by atoms with van der Waals surface area (Å²) < 4.78 is 43.2. The SMILES string of the molecule is O=C(c1cc(-c2ccco2)[nH]n1)N1CC(S(=O)(=O)c2ccc(F)cc2)C1. The lowest BCUT2D eigenvalue weighted by atomic mass is 10.2. The molecular formula is C17H14FN3O4S. The van der Waals surface area contributed by atoms with Crippen LogP contribution in [0.15, 0.2) is 58.0 Å². The van der Waals surface area contributed by atoms with Crippen molar-refractivity contribution in [3.63, 3.8) is 0 Å². The zero-order valence-electron chi connectivity index (χ0n) is 13.4. The Balaban J connectivity index is 1.44. The molecule has 0 radical (unpaired) electrons. The third kappa shape index (κ3) is 2.80. The van der Waals surface area contributed by atoms with E-state index < -0.39 is 20.9 Å². The van der Waals surface area contributed by atoms with E-state index in [2.05, 4.69) is 10.2 Å². The molecule has 1 saturated heterocycles. The van der Waals surface area contributed by atoms with Gasteiger partial charge in [0, 0.05) is 19.2 Å². The predicted octanol–water partition coefficient (Wildman–Crippen LogP) is 2.11. The number of rotatable bonds is 4. The van der Waals surface area contributed by atoms with Crippen LogP contribution in [0.2, 0.25) is 0 Å². The molecule has 0 saturated carbocycles. The number of hydrogen-bond donors (Lipinski definition) is 1. The molecule has 0 aliphatic carbocycles.